The molecule has 0 saturated carbocycles. The Balaban J connectivity index is 2.42. The van der Waals surface area contributed by atoms with Crippen LogP contribution < -0.4 is 10.1 Å². The lowest BCUT2D eigenvalue weighted by atomic mass is 10.1. The number of methoxy groups -OCH3 is 1. The molecule has 7 nitrogen and oxygen atoms in total. The molecule has 1 aromatic rings. The summed E-state index contributed by atoms with van der Waals surface area (Å²) in [6, 6.07) is 6.89. The van der Waals surface area contributed by atoms with Crippen molar-refractivity contribution in [3.8, 4) is 11.8 Å². The molecule has 0 fully saturated rings. The fourth-order valence-corrected chi connectivity index (χ4v) is 2.14. The average molecular weight is 397 g/mol. The molecule has 24 heavy (non-hydrogen) atoms. The summed E-state index contributed by atoms with van der Waals surface area (Å²) >= 11 is 3.28. The molecule has 0 radical (unpaired) electrons. The molecule has 0 saturated heterocycles. The van der Waals surface area contributed by atoms with Gasteiger partial charge >= 0.3 is 5.97 Å². The normalized spacial score (nSPS) is 9.71. The summed E-state index contributed by atoms with van der Waals surface area (Å²) in [7, 11) is 1.46. The Morgan fingerprint density at radius 1 is 1.29 bits per heavy atom. The first-order valence-electron chi connectivity index (χ1n) is 7.14. The minimum absolute atomic E-state index is 0.0539. The van der Waals surface area contributed by atoms with Crippen molar-refractivity contribution in [3.05, 3.63) is 28.2 Å². The van der Waals surface area contributed by atoms with Gasteiger partial charge in [-0.15, -0.1) is 0 Å². The molecule has 0 atom stereocenters. The number of halogens is 1. The molecular formula is C16H17BrN2O5. The van der Waals surface area contributed by atoms with Crippen molar-refractivity contribution in [2.75, 3.05) is 20.3 Å². The van der Waals surface area contributed by atoms with Crippen molar-refractivity contribution in [1.82, 2.24) is 5.32 Å². The van der Waals surface area contributed by atoms with E-state index in [4.69, 9.17) is 14.7 Å². The first kappa shape index (κ1) is 19.6. The molecule has 0 aliphatic rings. The van der Waals surface area contributed by atoms with Gasteiger partial charge < -0.3 is 14.8 Å². The van der Waals surface area contributed by atoms with E-state index >= 15 is 0 Å². The highest BCUT2D eigenvalue weighted by Crippen LogP contribution is 2.24. The molecule has 128 valence electrons. The van der Waals surface area contributed by atoms with Crippen LogP contribution in [0.15, 0.2) is 22.7 Å². The summed E-state index contributed by atoms with van der Waals surface area (Å²) in [4.78, 5) is 35.1. The molecule has 1 amide bonds. The number of amides is 1. The standard InChI is InChI=1S/C16H17BrN2O5/c1-23-14-5-3-11(17)9-12(14)13(20)4-6-16(22)24-10-15(21)19-8-2-7-18/h3,5,9H,2,4,6,8,10H2,1H3,(H,19,21). The SMILES string of the molecule is COc1ccc(Br)cc1C(=O)CCC(=O)OCC(=O)NCCC#N. The minimum Gasteiger partial charge on any atom is -0.496 e. The lowest BCUT2D eigenvalue weighted by molar-refractivity contribution is -0.148. The average Bonchev–Trinajstić information content (AvgIpc) is 2.58. The van der Waals surface area contributed by atoms with Gasteiger partial charge in [0, 0.05) is 17.4 Å². The third-order valence-electron chi connectivity index (χ3n) is 2.94. The van der Waals surface area contributed by atoms with Gasteiger partial charge in [0.1, 0.15) is 5.75 Å². The third kappa shape index (κ3) is 6.79. The number of nitrogens with zero attached hydrogens (tertiary/aromatic N) is 1. The first-order chi connectivity index (χ1) is 11.5. The number of nitriles is 1. The Morgan fingerprint density at radius 2 is 2.04 bits per heavy atom. The Morgan fingerprint density at radius 3 is 2.71 bits per heavy atom. The lowest BCUT2D eigenvalue weighted by Crippen LogP contribution is -2.29. The van der Waals surface area contributed by atoms with E-state index in [0.29, 0.717) is 11.3 Å². The number of nitrogens with one attached hydrogen (secondary N) is 1. The van der Waals surface area contributed by atoms with Crippen molar-refractivity contribution in [1.29, 1.82) is 5.26 Å². The van der Waals surface area contributed by atoms with Gasteiger partial charge in [-0.25, -0.2) is 0 Å². The van der Waals surface area contributed by atoms with Crippen LogP contribution in [0.4, 0.5) is 0 Å². The maximum atomic E-state index is 12.2. The number of ether oxygens (including phenoxy) is 2. The number of esters is 1. The molecule has 0 aliphatic heterocycles. The summed E-state index contributed by atoms with van der Waals surface area (Å²) in [5, 5.41) is 10.8. The summed E-state index contributed by atoms with van der Waals surface area (Å²) in [5.74, 6) is -0.969. The Hall–Kier alpha value is -2.40. The molecule has 0 aliphatic carbocycles. The summed E-state index contributed by atoms with van der Waals surface area (Å²) in [6.07, 6.45) is -0.00959. The zero-order valence-electron chi connectivity index (χ0n) is 13.1. The molecule has 1 aromatic carbocycles. The van der Waals surface area contributed by atoms with Gasteiger partial charge in [0.15, 0.2) is 12.4 Å². The van der Waals surface area contributed by atoms with Crippen molar-refractivity contribution >= 4 is 33.6 Å². The predicted molar refractivity (Wildman–Crippen MR) is 88.5 cm³/mol. The summed E-state index contributed by atoms with van der Waals surface area (Å²) < 4.78 is 10.6. The van der Waals surface area contributed by atoms with Crippen LogP contribution in [0.1, 0.15) is 29.6 Å². The van der Waals surface area contributed by atoms with E-state index < -0.39 is 18.5 Å². The number of Topliss-reactive ketones (excluding diaryl/α,β-unsaturated/α-hetero) is 1. The zero-order chi connectivity index (χ0) is 17.9. The van der Waals surface area contributed by atoms with Gasteiger partial charge in [-0.1, -0.05) is 15.9 Å². The van der Waals surface area contributed by atoms with Crippen molar-refractivity contribution in [2.45, 2.75) is 19.3 Å². The van der Waals surface area contributed by atoms with Crippen LogP contribution in [-0.2, 0) is 14.3 Å². The van der Waals surface area contributed by atoms with Gasteiger partial charge in [0.25, 0.3) is 5.91 Å². The highest BCUT2D eigenvalue weighted by atomic mass is 79.9. The van der Waals surface area contributed by atoms with E-state index in [2.05, 4.69) is 21.2 Å². The van der Waals surface area contributed by atoms with E-state index in [0.717, 1.165) is 4.47 Å². The van der Waals surface area contributed by atoms with Crippen molar-refractivity contribution in [3.63, 3.8) is 0 Å². The first-order valence-corrected chi connectivity index (χ1v) is 7.93. The van der Waals surface area contributed by atoms with Crippen LogP contribution in [0, 0.1) is 11.3 Å². The quantitative estimate of drug-likeness (QED) is 0.388. The molecule has 1 N–H and O–H groups in total. The summed E-state index contributed by atoms with van der Waals surface area (Å²) in [5.41, 5.74) is 0.369. The second-order valence-corrected chi connectivity index (χ2v) is 5.60. The largest absolute Gasteiger partial charge is 0.496 e. The van der Waals surface area contributed by atoms with Crippen LogP contribution in [0.2, 0.25) is 0 Å². The van der Waals surface area contributed by atoms with E-state index in [1.807, 2.05) is 6.07 Å². The highest BCUT2D eigenvalue weighted by molar-refractivity contribution is 9.10. The number of carbonyl (C=O) groups excluding carboxylic acids is 3. The molecule has 0 aromatic heterocycles. The number of hydrogen-bond acceptors (Lipinski definition) is 6. The third-order valence-corrected chi connectivity index (χ3v) is 3.43. The molecular weight excluding hydrogens is 380 g/mol. The predicted octanol–water partition coefficient (Wildman–Crippen LogP) is 1.99. The maximum absolute atomic E-state index is 12.2. The summed E-state index contributed by atoms with van der Waals surface area (Å²) in [6.45, 7) is -0.229. The fraction of sp³-hybridized carbons (Fsp3) is 0.375. The van der Waals surface area contributed by atoms with Gasteiger partial charge in [0.2, 0.25) is 0 Å². The van der Waals surface area contributed by atoms with Crippen LogP contribution >= 0.6 is 15.9 Å². The molecule has 1 rings (SSSR count). The van der Waals surface area contributed by atoms with Crippen LogP contribution in [-0.4, -0.2) is 37.9 Å². The Labute approximate surface area is 148 Å². The van der Waals surface area contributed by atoms with Crippen molar-refractivity contribution < 1.29 is 23.9 Å². The number of carbonyl (C=O) groups is 3. The second-order valence-electron chi connectivity index (χ2n) is 4.69. The van der Waals surface area contributed by atoms with Crippen LogP contribution in [0.5, 0.6) is 5.75 Å². The van der Waals surface area contributed by atoms with E-state index in [1.54, 1.807) is 18.2 Å². The topological polar surface area (TPSA) is 105 Å². The Kier molecular flexibility index (Phi) is 8.50. The van der Waals surface area contributed by atoms with Gasteiger partial charge in [-0.2, -0.15) is 5.26 Å². The molecule has 0 unspecified atom stereocenters. The number of ketones is 1. The fourth-order valence-electron chi connectivity index (χ4n) is 1.78. The zero-order valence-corrected chi connectivity index (χ0v) is 14.7. The minimum atomic E-state index is -0.646. The number of hydrogen-bond donors (Lipinski definition) is 1. The molecule has 0 heterocycles. The molecule has 0 spiro atoms. The Bertz CT molecular complexity index is 654. The van der Waals surface area contributed by atoms with E-state index in [-0.39, 0.29) is 31.6 Å². The van der Waals surface area contributed by atoms with Gasteiger partial charge in [0.05, 0.1) is 31.6 Å². The van der Waals surface area contributed by atoms with Crippen LogP contribution in [0.25, 0.3) is 0 Å². The van der Waals surface area contributed by atoms with E-state index in [1.165, 1.54) is 7.11 Å². The highest BCUT2D eigenvalue weighted by Gasteiger charge is 2.15. The molecule has 8 heteroatoms. The second kappa shape index (κ2) is 10.4. The maximum Gasteiger partial charge on any atom is 0.306 e. The van der Waals surface area contributed by atoms with Gasteiger partial charge in [-0.05, 0) is 18.2 Å². The number of rotatable bonds is 9. The van der Waals surface area contributed by atoms with E-state index in [9.17, 15) is 14.4 Å². The van der Waals surface area contributed by atoms with Gasteiger partial charge in [-0.3, -0.25) is 14.4 Å². The number of benzene rings is 1. The smallest absolute Gasteiger partial charge is 0.306 e. The van der Waals surface area contributed by atoms with Crippen LogP contribution in [0.3, 0.4) is 0 Å². The molecule has 0 bridgehead atoms. The van der Waals surface area contributed by atoms with Crippen molar-refractivity contribution in [2.24, 2.45) is 0 Å². The monoisotopic (exact) mass is 396 g/mol. The lowest BCUT2D eigenvalue weighted by Gasteiger charge is -2.08.